The van der Waals surface area contributed by atoms with Crippen LogP contribution in [0.2, 0.25) is 0 Å². The number of aromatic nitrogens is 1. The zero-order valence-electron chi connectivity index (χ0n) is 6.73. The highest BCUT2D eigenvalue weighted by Crippen LogP contribution is 2.20. The highest BCUT2D eigenvalue weighted by molar-refractivity contribution is 5.04. The summed E-state index contributed by atoms with van der Waals surface area (Å²) in [6, 6.07) is 1.85. The molecule has 0 spiro atoms. The number of nitrogens with one attached hydrogen (secondary N) is 1. The van der Waals surface area contributed by atoms with Crippen LogP contribution in [0.15, 0.2) is 16.9 Å². The molecule has 2 N–H and O–H groups in total. The van der Waals surface area contributed by atoms with Gasteiger partial charge >= 0.3 is 0 Å². The summed E-state index contributed by atoms with van der Waals surface area (Å²) in [4.78, 5) is 0. The normalized spacial score (nSPS) is 25.9. The second kappa shape index (κ2) is 3.25. The molecule has 4 nitrogen and oxygen atoms in total. The van der Waals surface area contributed by atoms with E-state index in [4.69, 9.17) is 0 Å². The lowest BCUT2D eigenvalue weighted by molar-refractivity contribution is 0.129. The van der Waals surface area contributed by atoms with Crippen LogP contribution in [0, 0.1) is 0 Å². The van der Waals surface area contributed by atoms with Crippen molar-refractivity contribution in [3.05, 3.63) is 18.0 Å². The molecule has 2 heterocycles. The van der Waals surface area contributed by atoms with Crippen LogP contribution in [0.5, 0.6) is 0 Å². The minimum Gasteiger partial charge on any atom is -0.385 e. The minimum absolute atomic E-state index is 0.148. The maximum atomic E-state index is 9.72. The van der Waals surface area contributed by atoms with Crippen molar-refractivity contribution in [2.75, 3.05) is 6.54 Å². The summed E-state index contributed by atoms with van der Waals surface area (Å²) in [5.41, 5.74) is 0.620. The Morgan fingerprint density at radius 3 is 3.25 bits per heavy atom. The quantitative estimate of drug-likeness (QED) is 0.673. The van der Waals surface area contributed by atoms with Gasteiger partial charge in [-0.25, -0.2) is 0 Å². The largest absolute Gasteiger partial charge is 0.385 e. The van der Waals surface area contributed by atoms with Gasteiger partial charge in [-0.15, -0.1) is 0 Å². The summed E-state index contributed by atoms with van der Waals surface area (Å²) in [5.74, 6) is 0. The number of nitrogens with zero attached hydrogens (tertiary/aromatic N) is 1. The van der Waals surface area contributed by atoms with Gasteiger partial charge in [-0.2, -0.15) is 0 Å². The van der Waals surface area contributed by atoms with Crippen LogP contribution in [0.4, 0.5) is 0 Å². The van der Waals surface area contributed by atoms with Crippen LogP contribution in [-0.4, -0.2) is 22.8 Å². The fourth-order valence-electron chi connectivity index (χ4n) is 1.56. The zero-order chi connectivity index (χ0) is 8.39. The monoisotopic (exact) mass is 168 g/mol. The van der Waals surface area contributed by atoms with Crippen molar-refractivity contribution in [2.24, 2.45) is 0 Å². The van der Waals surface area contributed by atoms with E-state index in [0.29, 0.717) is 5.69 Å². The van der Waals surface area contributed by atoms with Crippen LogP contribution in [-0.2, 0) is 0 Å². The van der Waals surface area contributed by atoms with Crippen LogP contribution in [0.1, 0.15) is 24.6 Å². The summed E-state index contributed by atoms with van der Waals surface area (Å²) >= 11 is 0. The molecule has 0 radical (unpaired) electrons. The zero-order valence-corrected chi connectivity index (χ0v) is 6.73. The highest BCUT2D eigenvalue weighted by atomic mass is 16.5. The van der Waals surface area contributed by atoms with E-state index in [0.717, 1.165) is 19.4 Å². The molecule has 0 saturated carbocycles. The maximum Gasteiger partial charge on any atom is 0.124 e. The van der Waals surface area contributed by atoms with Crippen molar-refractivity contribution >= 4 is 0 Å². The summed E-state index contributed by atoms with van der Waals surface area (Å²) in [5, 5.41) is 16.6. The van der Waals surface area contributed by atoms with Gasteiger partial charge in [-0.1, -0.05) is 5.16 Å². The fourth-order valence-corrected chi connectivity index (χ4v) is 1.56. The first-order chi connectivity index (χ1) is 5.88. The van der Waals surface area contributed by atoms with E-state index in [1.807, 2.05) is 0 Å². The molecule has 1 aromatic heterocycles. The van der Waals surface area contributed by atoms with E-state index < -0.39 is 6.10 Å². The van der Waals surface area contributed by atoms with E-state index in [1.165, 1.54) is 6.26 Å². The smallest absolute Gasteiger partial charge is 0.124 e. The molecule has 1 fully saturated rings. The van der Waals surface area contributed by atoms with Gasteiger partial charge in [0.15, 0.2) is 0 Å². The predicted molar refractivity (Wildman–Crippen MR) is 42.5 cm³/mol. The van der Waals surface area contributed by atoms with Gasteiger partial charge in [0.05, 0.1) is 0 Å². The van der Waals surface area contributed by atoms with Crippen molar-refractivity contribution in [1.29, 1.82) is 0 Å². The number of hydrogen-bond donors (Lipinski definition) is 2. The SMILES string of the molecule is OC(c1ccon1)[C@@H]1CCCN1. The lowest BCUT2D eigenvalue weighted by Crippen LogP contribution is -2.28. The Bertz CT molecular complexity index is 229. The highest BCUT2D eigenvalue weighted by Gasteiger charge is 2.25. The lowest BCUT2D eigenvalue weighted by atomic mass is 10.1. The van der Waals surface area contributed by atoms with Gasteiger partial charge in [-0.05, 0) is 19.4 Å². The summed E-state index contributed by atoms with van der Waals surface area (Å²) < 4.78 is 4.66. The molecule has 1 unspecified atom stereocenters. The molecule has 66 valence electrons. The van der Waals surface area contributed by atoms with E-state index in [9.17, 15) is 5.11 Å². The van der Waals surface area contributed by atoms with Crippen molar-refractivity contribution in [2.45, 2.75) is 25.0 Å². The molecule has 0 amide bonds. The third-order valence-corrected chi connectivity index (χ3v) is 2.24. The first-order valence-electron chi connectivity index (χ1n) is 4.19. The molecule has 1 saturated heterocycles. The van der Waals surface area contributed by atoms with Gasteiger partial charge < -0.3 is 14.9 Å². The van der Waals surface area contributed by atoms with E-state index in [1.54, 1.807) is 6.07 Å². The molecular weight excluding hydrogens is 156 g/mol. The Morgan fingerprint density at radius 1 is 1.75 bits per heavy atom. The van der Waals surface area contributed by atoms with Crippen LogP contribution in [0.25, 0.3) is 0 Å². The first-order valence-corrected chi connectivity index (χ1v) is 4.19. The Labute approximate surface area is 70.6 Å². The standard InChI is InChI=1S/C8H12N2O2/c11-8(6-2-1-4-9-6)7-3-5-12-10-7/h3,5-6,8-9,11H,1-2,4H2/t6-,8?/m0/s1. The third-order valence-electron chi connectivity index (χ3n) is 2.24. The summed E-state index contributed by atoms with van der Waals surface area (Å²) in [6.45, 7) is 0.986. The Morgan fingerprint density at radius 2 is 2.67 bits per heavy atom. The van der Waals surface area contributed by atoms with Gasteiger partial charge in [0.25, 0.3) is 0 Å². The maximum absolute atomic E-state index is 9.72. The minimum atomic E-state index is -0.522. The van der Waals surface area contributed by atoms with Crippen molar-refractivity contribution in [1.82, 2.24) is 10.5 Å². The second-order valence-electron chi connectivity index (χ2n) is 3.07. The van der Waals surface area contributed by atoms with Gasteiger partial charge in [-0.3, -0.25) is 0 Å². The molecule has 4 heteroatoms. The van der Waals surface area contributed by atoms with E-state index >= 15 is 0 Å². The van der Waals surface area contributed by atoms with Crippen molar-refractivity contribution in [3.63, 3.8) is 0 Å². The molecule has 0 aromatic carbocycles. The van der Waals surface area contributed by atoms with Gasteiger partial charge in [0.2, 0.25) is 0 Å². The molecule has 1 aliphatic rings. The Balaban J connectivity index is 2.04. The molecule has 0 bridgehead atoms. The van der Waals surface area contributed by atoms with Gasteiger partial charge in [0.1, 0.15) is 18.1 Å². The van der Waals surface area contributed by atoms with Crippen LogP contribution >= 0.6 is 0 Å². The molecule has 1 aliphatic heterocycles. The molecule has 2 atom stereocenters. The van der Waals surface area contributed by atoms with Crippen LogP contribution in [0.3, 0.4) is 0 Å². The average molecular weight is 168 g/mol. The summed E-state index contributed by atoms with van der Waals surface area (Å²) in [7, 11) is 0. The Kier molecular flexibility index (Phi) is 2.10. The molecule has 1 aromatic rings. The first kappa shape index (κ1) is 7.76. The molecular formula is C8H12N2O2. The second-order valence-corrected chi connectivity index (χ2v) is 3.07. The van der Waals surface area contributed by atoms with Crippen molar-refractivity contribution < 1.29 is 9.63 Å². The van der Waals surface area contributed by atoms with Crippen molar-refractivity contribution in [3.8, 4) is 0 Å². The Hall–Kier alpha value is -0.870. The van der Waals surface area contributed by atoms with E-state index in [2.05, 4.69) is 15.0 Å². The number of hydrogen-bond acceptors (Lipinski definition) is 4. The predicted octanol–water partition coefficient (Wildman–Crippen LogP) is 0.460. The summed E-state index contributed by atoms with van der Waals surface area (Å²) in [6.07, 6.45) is 3.09. The fraction of sp³-hybridized carbons (Fsp3) is 0.625. The topological polar surface area (TPSA) is 58.3 Å². The average Bonchev–Trinajstić information content (AvgIpc) is 2.77. The van der Waals surface area contributed by atoms with Gasteiger partial charge in [0, 0.05) is 12.1 Å². The lowest BCUT2D eigenvalue weighted by Gasteiger charge is -2.14. The molecule has 12 heavy (non-hydrogen) atoms. The number of aliphatic hydroxyl groups excluding tert-OH is 1. The number of aliphatic hydroxyl groups is 1. The molecule has 2 rings (SSSR count). The number of rotatable bonds is 2. The van der Waals surface area contributed by atoms with Crippen LogP contribution < -0.4 is 5.32 Å². The molecule has 0 aliphatic carbocycles. The van der Waals surface area contributed by atoms with E-state index in [-0.39, 0.29) is 6.04 Å². The third kappa shape index (κ3) is 1.35.